The Morgan fingerprint density at radius 1 is 1.43 bits per heavy atom. The highest BCUT2D eigenvalue weighted by molar-refractivity contribution is 6.30. The third-order valence-corrected chi connectivity index (χ3v) is 3.73. The van der Waals surface area contributed by atoms with Crippen LogP contribution in [0.2, 0.25) is 5.02 Å². The van der Waals surface area contributed by atoms with Gasteiger partial charge in [-0.15, -0.1) is 5.10 Å². The van der Waals surface area contributed by atoms with Gasteiger partial charge in [-0.05, 0) is 45.4 Å². The molecule has 6 heteroatoms. The number of carbonyl (C=O) groups is 1. The predicted octanol–water partition coefficient (Wildman–Crippen LogP) is 3.15. The second-order valence-corrected chi connectivity index (χ2v) is 6.04. The van der Waals surface area contributed by atoms with Crippen molar-refractivity contribution in [1.82, 2.24) is 20.3 Å². The van der Waals surface area contributed by atoms with Gasteiger partial charge >= 0.3 is 0 Å². The van der Waals surface area contributed by atoms with Crippen LogP contribution in [0.3, 0.4) is 0 Å². The molecule has 1 aromatic carbocycles. The maximum Gasteiger partial charge on any atom is 0.274 e. The zero-order valence-corrected chi connectivity index (χ0v) is 13.4. The molecule has 0 aliphatic rings. The number of benzene rings is 1. The van der Waals surface area contributed by atoms with Crippen LogP contribution < -0.4 is 5.32 Å². The maximum atomic E-state index is 12.3. The Labute approximate surface area is 129 Å². The Morgan fingerprint density at radius 2 is 2.14 bits per heavy atom. The fraction of sp³-hybridized carbons (Fsp3) is 0.400. The minimum Gasteiger partial charge on any atom is -0.346 e. The van der Waals surface area contributed by atoms with Gasteiger partial charge in [-0.3, -0.25) is 4.79 Å². The van der Waals surface area contributed by atoms with Crippen LogP contribution in [0.4, 0.5) is 0 Å². The van der Waals surface area contributed by atoms with Gasteiger partial charge in [-0.25, -0.2) is 4.68 Å². The van der Waals surface area contributed by atoms with Crippen molar-refractivity contribution in [2.45, 2.75) is 39.7 Å². The second kappa shape index (κ2) is 5.85. The number of nitrogens with one attached hydrogen (secondary N) is 1. The normalized spacial score (nSPS) is 11.5. The molecule has 0 fully saturated rings. The van der Waals surface area contributed by atoms with Gasteiger partial charge in [0, 0.05) is 10.6 Å². The average molecular weight is 307 g/mol. The summed E-state index contributed by atoms with van der Waals surface area (Å²) in [6.45, 7) is 7.79. The van der Waals surface area contributed by atoms with Crippen LogP contribution in [0.5, 0.6) is 0 Å². The molecule has 0 bridgehead atoms. The number of nitrogens with zero attached hydrogens (tertiary/aromatic N) is 3. The Hall–Kier alpha value is -1.88. The van der Waals surface area contributed by atoms with Gasteiger partial charge in [0.2, 0.25) is 0 Å². The molecule has 0 spiro atoms. The van der Waals surface area contributed by atoms with Crippen LogP contribution in [-0.4, -0.2) is 26.4 Å². The van der Waals surface area contributed by atoms with Crippen molar-refractivity contribution in [2.24, 2.45) is 0 Å². The minimum atomic E-state index is -0.274. The lowest BCUT2D eigenvalue weighted by Crippen LogP contribution is -2.43. The molecule has 2 rings (SSSR count). The molecule has 0 aliphatic heterocycles. The number of halogens is 1. The van der Waals surface area contributed by atoms with E-state index in [9.17, 15) is 4.79 Å². The number of hydrogen-bond acceptors (Lipinski definition) is 3. The van der Waals surface area contributed by atoms with Gasteiger partial charge in [-0.2, -0.15) is 0 Å². The number of amides is 1. The van der Waals surface area contributed by atoms with Crippen LogP contribution in [0.15, 0.2) is 24.3 Å². The van der Waals surface area contributed by atoms with E-state index < -0.39 is 0 Å². The summed E-state index contributed by atoms with van der Waals surface area (Å²) < 4.78 is 1.61. The van der Waals surface area contributed by atoms with Crippen LogP contribution in [0.1, 0.15) is 43.4 Å². The average Bonchev–Trinajstić information content (AvgIpc) is 2.80. The standard InChI is InChI=1S/C15H19ClN4O/c1-5-15(3,4)17-14(21)13-10(2)20(19-18-13)12-8-6-7-11(16)9-12/h6-9H,5H2,1-4H3,(H,17,21). The third kappa shape index (κ3) is 3.42. The number of rotatable bonds is 4. The van der Waals surface area contributed by atoms with E-state index in [0.717, 1.165) is 12.1 Å². The molecule has 0 aliphatic carbocycles. The van der Waals surface area contributed by atoms with Crippen LogP contribution >= 0.6 is 11.6 Å². The first kappa shape index (κ1) is 15.5. The van der Waals surface area contributed by atoms with Crippen molar-refractivity contribution in [1.29, 1.82) is 0 Å². The number of carbonyl (C=O) groups excluding carboxylic acids is 1. The second-order valence-electron chi connectivity index (χ2n) is 5.61. The molecular formula is C15H19ClN4O. The lowest BCUT2D eigenvalue weighted by molar-refractivity contribution is 0.0905. The summed E-state index contributed by atoms with van der Waals surface area (Å²) in [5, 5.41) is 11.6. The molecule has 0 saturated heterocycles. The summed E-state index contributed by atoms with van der Waals surface area (Å²) in [5.41, 5.74) is 1.52. The topological polar surface area (TPSA) is 59.8 Å². The van der Waals surface area contributed by atoms with Crippen molar-refractivity contribution in [2.75, 3.05) is 0 Å². The largest absolute Gasteiger partial charge is 0.346 e. The SMILES string of the molecule is CCC(C)(C)NC(=O)c1nnn(-c2cccc(Cl)c2)c1C. The lowest BCUT2D eigenvalue weighted by atomic mass is 10.0. The molecule has 1 heterocycles. The summed E-state index contributed by atoms with van der Waals surface area (Å²) in [6.07, 6.45) is 0.834. The summed E-state index contributed by atoms with van der Waals surface area (Å²) in [6, 6.07) is 7.26. The van der Waals surface area contributed by atoms with Crippen LogP contribution in [0.25, 0.3) is 5.69 Å². The van der Waals surface area contributed by atoms with Gasteiger partial charge in [0.15, 0.2) is 5.69 Å². The van der Waals surface area contributed by atoms with Crippen molar-refractivity contribution in [3.05, 3.63) is 40.7 Å². The molecule has 0 radical (unpaired) electrons. The molecule has 2 aromatic rings. The molecule has 21 heavy (non-hydrogen) atoms. The van der Waals surface area contributed by atoms with Gasteiger partial charge in [0.05, 0.1) is 11.4 Å². The van der Waals surface area contributed by atoms with Crippen molar-refractivity contribution >= 4 is 17.5 Å². The summed E-state index contributed by atoms with van der Waals surface area (Å²) in [5.74, 6) is -0.215. The van der Waals surface area contributed by atoms with Crippen molar-refractivity contribution < 1.29 is 4.79 Å². The molecule has 1 N–H and O–H groups in total. The van der Waals surface area contributed by atoms with E-state index in [1.54, 1.807) is 16.8 Å². The van der Waals surface area contributed by atoms with Crippen LogP contribution in [-0.2, 0) is 0 Å². The quantitative estimate of drug-likeness (QED) is 0.944. The molecule has 5 nitrogen and oxygen atoms in total. The third-order valence-electron chi connectivity index (χ3n) is 3.50. The van der Waals surface area contributed by atoms with E-state index in [1.807, 2.05) is 39.8 Å². The van der Waals surface area contributed by atoms with Gasteiger partial charge in [-0.1, -0.05) is 29.8 Å². The Bertz CT molecular complexity index is 663. The van der Waals surface area contributed by atoms with Gasteiger partial charge in [0.25, 0.3) is 5.91 Å². The van der Waals surface area contributed by atoms with E-state index in [2.05, 4.69) is 15.6 Å². The fourth-order valence-corrected chi connectivity index (χ4v) is 2.03. The summed E-state index contributed by atoms with van der Waals surface area (Å²) in [7, 11) is 0. The molecular weight excluding hydrogens is 288 g/mol. The van der Waals surface area contributed by atoms with Crippen molar-refractivity contribution in [3.63, 3.8) is 0 Å². The van der Waals surface area contributed by atoms with E-state index in [-0.39, 0.29) is 11.4 Å². The first-order valence-electron chi connectivity index (χ1n) is 6.85. The monoisotopic (exact) mass is 306 g/mol. The van der Waals surface area contributed by atoms with E-state index in [1.165, 1.54) is 0 Å². The first-order valence-corrected chi connectivity index (χ1v) is 7.22. The Balaban J connectivity index is 2.31. The number of aromatic nitrogens is 3. The van der Waals surface area contributed by atoms with Gasteiger partial charge in [0.1, 0.15) is 0 Å². The van der Waals surface area contributed by atoms with E-state index in [4.69, 9.17) is 11.6 Å². The fourth-order valence-electron chi connectivity index (χ4n) is 1.85. The summed E-state index contributed by atoms with van der Waals surface area (Å²) in [4.78, 5) is 12.3. The van der Waals surface area contributed by atoms with Gasteiger partial charge < -0.3 is 5.32 Å². The Morgan fingerprint density at radius 3 is 2.76 bits per heavy atom. The highest BCUT2D eigenvalue weighted by Crippen LogP contribution is 2.17. The number of hydrogen-bond donors (Lipinski definition) is 1. The van der Waals surface area contributed by atoms with E-state index >= 15 is 0 Å². The molecule has 0 unspecified atom stereocenters. The zero-order valence-electron chi connectivity index (χ0n) is 12.6. The zero-order chi connectivity index (χ0) is 15.6. The first-order chi connectivity index (χ1) is 9.84. The highest BCUT2D eigenvalue weighted by Gasteiger charge is 2.23. The Kier molecular flexibility index (Phi) is 4.32. The lowest BCUT2D eigenvalue weighted by Gasteiger charge is -2.23. The van der Waals surface area contributed by atoms with E-state index in [0.29, 0.717) is 16.4 Å². The minimum absolute atomic E-state index is 0.215. The van der Waals surface area contributed by atoms with Crippen LogP contribution in [0, 0.1) is 6.92 Å². The smallest absolute Gasteiger partial charge is 0.274 e. The molecule has 0 saturated carbocycles. The highest BCUT2D eigenvalue weighted by atomic mass is 35.5. The molecule has 1 aromatic heterocycles. The van der Waals surface area contributed by atoms with Crippen molar-refractivity contribution in [3.8, 4) is 5.69 Å². The molecule has 1 amide bonds. The predicted molar refractivity (Wildman–Crippen MR) is 82.9 cm³/mol. The molecule has 112 valence electrons. The maximum absolute atomic E-state index is 12.3. The summed E-state index contributed by atoms with van der Waals surface area (Å²) >= 11 is 5.98. The molecule has 0 atom stereocenters.